The van der Waals surface area contributed by atoms with Crippen molar-refractivity contribution in [2.45, 2.75) is 13.3 Å². The first kappa shape index (κ1) is 10.7. The van der Waals surface area contributed by atoms with E-state index in [0.29, 0.717) is 0 Å². The summed E-state index contributed by atoms with van der Waals surface area (Å²) in [5.41, 5.74) is 8.37. The van der Waals surface area contributed by atoms with Gasteiger partial charge in [0.2, 0.25) is 0 Å². The Kier molecular flexibility index (Phi) is 2.93. The van der Waals surface area contributed by atoms with Gasteiger partial charge in [0.15, 0.2) is 0 Å². The van der Waals surface area contributed by atoms with Crippen molar-refractivity contribution in [3.63, 3.8) is 0 Å². The molecular formula is C13H12N2S. The summed E-state index contributed by atoms with van der Waals surface area (Å²) in [6.07, 6.45) is 6.17. The maximum absolute atomic E-state index is 5.63. The number of nitrogens with zero attached hydrogens (tertiary/aromatic N) is 1. The molecule has 0 unspecified atom stereocenters. The maximum atomic E-state index is 5.63. The Morgan fingerprint density at radius 3 is 2.62 bits per heavy atom. The Labute approximate surface area is 99.1 Å². The molecule has 80 valence electrons. The fourth-order valence-electron chi connectivity index (χ4n) is 1.47. The van der Waals surface area contributed by atoms with Crippen molar-refractivity contribution in [3.05, 3.63) is 45.4 Å². The van der Waals surface area contributed by atoms with Crippen LogP contribution in [0.5, 0.6) is 0 Å². The van der Waals surface area contributed by atoms with Crippen LogP contribution in [-0.2, 0) is 6.42 Å². The minimum Gasteiger partial charge on any atom is -0.399 e. The summed E-state index contributed by atoms with van der Waals surface area (Å²) in [5, 5.41) is 1.05. The molecule has 0 aliphatic carbocycles. The minimum absolute atomic E-state index is 0.760. The molecule has 2 aromatic rings. The second-order valence-electron chi connectivity index (χ2n) is 3.58. The van der Waals surface area contributed by atoms with Crippen LogP contribution >= 0.6 is 11.3 Å². The molecule has 0 saturated carbocycles. The molecule has 2 N–H and O–H groups in total. The molecule has 1 heterocycles. The highest BCUT2D eigenvalue weighted by molar-refractivity contribution is 7.11. The van der Waals surface area contributed by atoms with Crippen LogP contribution in [0.3, 0.4) is 0 Å². The number of thiazole rings is 1. The number of aromatic nitrogens is 1. The van der Waals surface area contributed by atoms with E-state index in [1.54, 1.807) is 11.3 Å². The zero-order chi connectivity index (χ0) is 11.5. The number of terminal acetylenes is 1. The lowest BCUT2D eigenvalue weighted by atomic mass is 10.1. The average Bonchev–Trinajstić information content (AvgIpc) is 2.62. The molecule has 2 rings (SSSR count). The Morgan fingerprint density at radius 2 is 2.06 bits per heavy atom. The minimum atomic E-state index is 0.760. The fourth-order valence-corrected chi connectivity index (χ4v) is 2.40. The highest BCUT2D eigenvalue weighted by atomic mass is 32.1. The van der Waals surface area contributed by atoms with Crippen LogP contribution in [0.2, 0.25) is 0 Å². The van der Waals surface area contributed by atoms with Gasteiger partial charge in [-0.05, 0) is 30.5 Å². The molecule has 2 nitrogen and oxygen atoms in total. The van der Waals surface area contributed by atoms with E-state index in [4.69, 9.17) is 12.2 Å². The van der Waals surface area contributed by atoms with E-state index in [9.17, 15) is 0 Å². The lowest BCUT2D eigenvalue weighted by Gasteiger charge is -1.98. The third-order valence-corrected chi connectivity index (χ3v) is 3.28. The molecule has 0 spiro atoms. The number of benzene rings is 1. The van der Waals surface area contributed by atoms with E-state index in [-0.39, 0.29) is 0 Å². The van der Waals surface area contributed by atoms with Gasteiger partial charge in [-0.3, -0.25) is 0 Å². The standard InChI is InChI=1S/C13H12N2S/c1-3-12-9(2)16-13(15-12)8-10-4-6-11(14)7-5-10/h1,4-7H,8,14H2,2H3. The van der Waals surface area contributed by atoms with Crippen molar-refractivity contribution < 1.29 is 0 Å². The molecular weight excluding hydrogens is 216 g/mol. The van der Waals surface area contributed by atoms with Gasteiger partial charge < -0.3 is 5.73 Å². The lowest BCUT2D eigenvalue weighted by molar-refractivity contribution is 1.12. The number of nitrogens with two attached hydrogens (primary N) is 1. The molecule has 0 radical (unpaired) electrons. The Balaban J connectivity index is 2.21. The van der Waals surface area contributed by atoms with Crippen LogP contribution in [-0.4, -0.2) is 4.98 Å². The van der Waals surface area contributed by atoms with Gasteiger partial charge in [-0.2, -0.15) is 0 Å². The van der Waals surface area contributed by atoms with Gasteiger partial charge in [-0.15, -0.1) is 17.8 Å². The summed E-state index contributed by atoms with van der Waals surface area (Å²) in [6, 6.07) is 7.83. The molecule has 1 aromatic heterocycles. The molecule has 0 saturated heterocycles. The van der Waals surface area contributed by atoms with Crippen LogP contribution in [0, 0.1) is 19.3 Å². The van der Waals surface area contributed by atoms with E-state index < -0.39 is 0 Å². The third-order valence-electron chi connectivity index (χ3n) is 2.31. The molecule has 0 fully saturated rings. The SMILES string of the molecule is C#Cc1nc(Cc2ccc(N)cc2)sc1C. The first-order valence-electron chi connectivity index (χ1n) is 4.96. The summed E-state index contributed by atoms with van der Waals surface area (Å²) < 4.78 is 0. The molecule has 1 aromatic carbocycles. The summed E-state index contributed by atoms with van der Waals surface area (Å²) in [6.45, 7) is 2.00. The molecule has 0 amide bonds. The summed E-state index contributed by atoms with van der Waals surface area (Å²) >= 11 is 1.65. The fraction of sp³-hybridized carbons (Fsp3) is 0.154. The zero-order valence-electron chi connectivity index (χ0n) is 9.03. The van der Waals surface area contributed by atoms with Crippen molar-refractivity contribution in [2.24, 2.45) is 0 Å². The zero-order valence-corrected chi connectivity index (χ0v) is 9.84. The number of nitrogen functional groups attached to an aromatic ring is 1. The van der Waals surface area contributed by atoms with Crippen LogP contribution < -0.4 is 5.73 Å². The smallest absolute Gasteiger partial charge is 0.127 e. The molecule has 0 atom stereocenters. The van der Waals surface area contributed by atoms with Gasteiger partial charge in [-0.25, -0.2) is 4.98 Å². The molecule has 0 aliphatic heterocycles. The molecule has 0 bridgehead atoms. The van der Waals surface area contributed by atoms with E-state index >= 15 is 0 Å². The highest BCUT2D eigenvalue weighted by Crippen LogP contribution is 2.20. The Bertz CT molecular complexity index is 532. The van der Waals surface area contributed by atoms with Gasteiger partial charge in [0, 0.05) is 17.0 Å². The van der Waals surface area contributed by atoms with Gasteiger partial charge in [0.1, 0.15) is 5.69 Å². The third kappa shape index (κ3) is 2.23. The van der Waals surface area contributed by atoms with Crippen molar-refractivity contribution >= 4 is 17.0 Å². The first-order chi connectivity index (χ1) is 7.69. The molecule has 16 heavy (non-hydrogen) atoms. The predicted molar refractivity (Wildman–Crippen MR) is 68.4 cm³/mol. The van der Waals surface area contributed by atoms with Crippen molar-refractivity contribution in [1.29, 1.82) is 0 Å². The quantitative estimate of drug-likeness (QED) is 0.634. The van der Waals surface area contributed by atoms with E-state index in [2.05, 4.69) is 10.9 Å². The first-order valence-corrected chi connectivity index (χ1v) is 5.78. The normalized spacial score (nSPS) is 10.0. The highest BCUT2D eigenvalue weighted by Gasteiger charge is 2.05. The van der Waals surface area contributed by atoms with Crippen LogP contribution in [0.4, 0.5) is 5.69 Å². The predicted octanol–water partition coefficient (Wildman–Crippen LogP) is 2.61. The summed E-state index contributed by atoms with van der Waals surface area (Å²) in [5.74, 6) is 2.59. The number of rotatable bonds is 2. The number of anilines is 1. The van der Waals surface area contributed by atoms with E-state index in [0.717, 1.165) is 27.7 Å². The van der Waals surface area contributed by atoms with E-state index in [1.807, 2.05) is 31.2 Å². The van der Waals surface area contributed by atoms with Crippen molar-refractivity contribution in [3.8, 4) is 12.3 Å². The van der Waals surface area contributed by atoms with Crippen LogP contribution in [0.1, 0.15) is 21.1 Å². The average molecular weight is 228 g/mol. The van der Waals surface area contributed by atoms with Gasteiger partial charge >= 0.3 is 0 Å². The topological polar surface area (TPSA) is 38.9 Å². The van der Waals surface area contributed by atoms with Gasteiger partial charge in [-0.1, -0.05) is 12.1 Å². The van der Waals surface area contributed by atoms with E-state index in [1.165, 1.54) is 5.56 Å². The van der Waals surface area contributed by atoms with Gasteiger partial charge in [0.05, 0.1) is 5.01 Å². The largest absolute Gasteiger partial charge is 0.399 e. The number of aryl methyl sites for hydroxylation is 1. The number of hydrogen-bond acceptors (Lipinski definition) is 3. The van der Waals surface area contributed by atoms with Crippen molar-refractivity contribution in [1.82, 2.24) is 4.98 Å². The Hall–Kier alpha value is -1.79. The second kappa shape index (κ2) is 4.38. The maximum Gasteiger partial charge on any atom is 0.127 e. The van der Waals surface area contributed by atoms with Crippen molar-refractivity contribution in [2.75, 3.05) is 5.73 Å². The lowest BCUT2D eigenvalue weighted by Crippen LogP contribution is -1.89. The van der Waals surface area contributed by atoms with Crippen LogP contribution in [0.15, 0.2) is 24.3 Å². The van der Waals surface area contributed by atoms with Gasteiger partial charge in [0.25, 0.3) is 0 Å². The Morgan fingerprint density at radius 1 is 1.38 bits per heavy atom. The molecule has 0 aliphatic rings. The summed E-state index contributed by atoms with van der Waals surface area (Å²) in [7, 11) is 0. The number of hydrogen-bond donors (Lipinski definition) is 1. The second-order valence-corrected chi connectivity index (χ2v) is 4.86. The monoisotopic (exact) mass is 228 g/mol. The molecule has 3 heteroatoms. The van der Waals surface area contributed by atoms with Crippen LogP contribution in [0.25, 0.3) is 0 Å². The summed E-state index contributed by atoms with van der Waals surface area (Å²) in [4.78, 5) is 5.50.